The second kappa shape index (κ2) is 7.09. The molecule has 27 heavy (non-hydrogen) atoms. The predicted molar refractivity (Wildman–Crippen MR) is 100 cm³/mol. The summed E-state index contributed by atoms with van der Waals surface area (Å²) < 4.78 is 26.7. The van der Waals surface area contributed by atoms with Crippen molar-refractivity contribution in [3.05, 3.63) is 59.7 Å². The zero-order valence-electron chi connectivity index (χ0n) is 14.6. The topological polar surface area (TPSA) is 99.3 Å². The Morgan fingerprint density at radius 1 is 0.963 bits per heavy atom. The number of carbonyl (C=O) groups is 1. The van der Waals surface area contributed by atoms with E-state index in [0.717, 1.165) is 5.56 Å². The molecule has 0 unspecified atom stereocenters. The first-order chi connectivity index (χ1) is 13.0. The number of carbonyl (C=O) groups excluding carboxylic acids is 1. The summed E-state index contributed by atoms with van der Waals surface area (Å²) >= 11 is 0. The summed E-state index contributed by atoms with van der Waals surface area (Å²) in [6.45, 7) is 1.33. The van der Waals surface area contributed by atoms with Gasteiger partial charge in [-0.25, -0.2) is 8.42 Å². The van der Waals surface area contributed by atoms with Gasteiger partial charge in [-0.2, -0.15) is 19.7 Å². The maximum atomic E-state index is 12.7. The Morgan fingerprint density at radius 2 is 1.67 bits per heavy atom. The highest BCUT2D eigenvalue weighted by molar-refractivity contribution is 7.88. The molecule has 1 fully saturated rings. The molecule has 2 aromatic carbocycles. The van der Waals surface area contributed by atoms with Crippen molar-refractivity contribution >= 4 is 27.0 Å². The fraction of sp³-hybridized carbons (Fsp3) is 0.278. The standard InChI is InChI=1S/C18H19N5O3S/c24-18(15-6-7-16-17(12-15)20-21-19-16)22-8-10-23(11-9-22)27(25,26)13-14-4-2-1-3-5-14/h1-7,12H,8-11,13H2,(H,19,20,21). The second-order valence-electron chi connectivity index (χ2n) is 6.46. The Hall–Kier alpha value is -2.78. The van der Waals surface area contributed by atoms with E-state index in [1.807, 2.05) is 18.2 Å². The van der Waals surface area contributed by atoms with Gasteiger partial charge in [-0.3, -0.25) is 4.79 Å². The zero-order valence-corrected chi connectivity index (χ0v) is 15.4. The minimum Gasteiger partial charge on any atom is -0.336 e. The largest absolute Gasteiger partial charge is 0.336 e. The lowest BCUT2D eigenvalue weighted by molar-refractivity contribution is 0.0698. The van der Waals surface area contributed by atoms with Gasteiger partial charge in [0.25, 0.3) is 5.91 Å². The van der Waals surface area contributed by atoms with Crippen LogP contribution in [0.25, 0.3) is 11.0 Å². The normalized spacial score (nSPS) is 15.9. The molecule has 0 spiro atoms. The summed E-state index contributed by atoms with van der Waals surface area (Å²) in [6.07, 6.45) is 0. The highest BCUT2D eigenvalue weighted by Gasteiger charge is 2.29. The number of benzene rings is 2. The second-order valence-corrected chi connectivity index (χ2v) is 8.43. The van der Waals surface area contributed by atoms with Gasteiger partial charge in [0.1, 0.15) is 11.0 Å². The van der Waals surface area contributed by atoms with Crippen LogP contribution < -0.4 is 0 Å². The Bertz CT molecular complexity index is 1060. The number of hydrogen-bond donors (Lipinski definition) is 1. The summed E-state index contributed by atoms with van der Waals surface area (Å²) in [5.41, 5.74) is 2.61. The monoisotopic (exact) mass is 385 g/mol. The number of amides is 1. The summed E-state index contributed by atoms with van der Waals surface area (Å²) in [5, 5.41) is 10.5. The van der Waals surface area contributed by atoms with Gasteiger partial charge in [-0.05, 0) is 23.8 Å². The Kier molecular flexibility index (Phi) is 4.63. The van der Waals surface area contributed by atoms with Crippen molar-refractivity contribution < 1.29 is 13.2 Å². The van der Waals surface area contributed by atoms with E-state index in [0.29, 0.717) is 42.8 Å². The van der Waals surface area contributed by atoms with Crippen LogP contribution in [0.15, 0.2) is 48.5 Å². The molecule has 3 aromatic rings. The molecule has 0 aliphatic carbocycles. The quantitative estimate of drug-likeness (QED) is 0.729. The van der Waals surface area contributed by atoms with Gasteiger partial charge in [0.05, 0.1) is 5.75 Å². The molecular formula is C18H19N5O3S. The molecule has 1 amide bonds. The van der Waals surface area contributed by atoms with Crippen LogP contribution in [-0.4, -0.2) is 65.1 Å². The van der Waals surface area contributed by atoms with Crippen LogP contribution in [0.5, 0.6) is 0 Å². The first-order valence-corrected chi connectivity index (χ1v) is 10.3. The Labute approximate surface area is 156 Å². The summed E-state index contributed by atoms with van der Waals surface area (Å²) in [6, 6.07) is 14.3. The third-order valence-corrected chi connectivity index (χ3v) is 6.52. The molecule has 1 N–H and O–H groups in total. The maximum absolute atomic E-state index is 12.7. The van der Waals surface area contributed by atoms with Crippen LogP contribution in [0, 0.1) is 0 Å². The van der Waals surface area contributed by atoms with Crippen LogP contribution in [0.1, 0.15) is 15.9 Å². The highest BCUT2D eigenvalue weighted by atomic mass is 32.2. The molecule has 4 rings (SSSR count). The lowest BCUT2D eigenvalue weighted by Gasteiger charge is -2.34. The average molecular weight is 385 g/mol. The van der Waals surface area contributed by atoms with E-state index in [-0.39, 0.29) is 11.7 Å². The Balaban J connectivity index is 1.41. The molecule has 9 heteroatoms. The maximum Gasteiger partial charge on any atom is 0.254 e. The minimum absolute atomic E-state index is 0.0232. The third-order valence-electron chi connectivity index (χ3n) is 4.67. The fourth-order valence-corrected chi connectivity index (χ4v) is 4.72. The number of nitrogens with one attached hydrogen (secondary N) is 1. The van der Waals surface area contributed by atoms with Gasteiger partial charge < -0.3 is 4.90 Å². The number of nitrogens with zero attached hydrogens (tertiary/aromatic N) is 4. The van der Waals surface area contributed by atoms with Crippen LogP contribution in [0.2, 0.25) is 0 Å². The van der Waals surface area contributed by atoms with Crippen molar-refractivity contribution in [3.8, 4) is 0 Å². The molecule has 0 atom stereocenters. The molecule has 1 aromatic heterocycles. The number of sulfonamides is 1. The van der Waals surface area contributed by atoms with E-state index < -0.39 is 10.0 Å². The van der Waals surface area contributed by atoms with Crippen molar-refractivity contribution in [1.29, 1.82) is 0 Å². The number of rotatable bonds is 4. The van der Waals surface area contributed by atoms with E-state index in [4.69, 9.17) is 0 Å². The van der Waals surface area contributed by atoms with Crippen molar-refractivity contribution in [1.82, 2.24) is 24.6 Å². The van der Waals surface area contributed by atoms with Crippen LogP contribution in [-0.2, 0) is 15.8 Å². The van der Waals surface area contributed by atoms with Gasteiger partial charge in [0.2, 0.25) is 10.0 Å². The number of piperazine rings is 1. The molecule has 1 aliphatic heterocycles. The van der Waals surface area contributed by atoms with Crippen molar-refractivity contribution in [2.24, 2.45) is 0 Å². The first-order valence-electron chi connectivity index (χ1n) is 8.64. The highest BCUT2D eigenvalue weighted by Crippen LogP contribution is 2.17. The van der Waals surface area contributed by atoms with Crippen molar-refractivity contribution in [3.63, 3.8) is 0 Å². The number of H-pyrrole nitrogens is 1. The fourth-order valence-electron chi connectivity index (χ4n) is 3.20. The minimum atomic E-state index is -3.40. The van der Waals surface area contributed by atoms with Gasteiger partial charge >= 0.3 is 0 Å². The smallest absolute Gasteiger partial charge is 0.254 e. The van der Waals surface area contributed by atoms with Crippen LogP contribution in [0.3, 0.4) is 0 Å². The van der Waals surface area contributed by atoms with Gasteiger partial charge in [-0.1, -0.05) is 30.3 Å². The lowest BCUT2D eigenvalue weighted by Crippen LogP contribution is -2.50. The average Bonchev–Trinajstić information content (AvgIpc) is 3.16. The molecule has 0 radical (unpaired) electrons. The number of hydrogen-bond acceptors (Lipinski definition) is 5. The molecule has 0 bridgehead atoms. The summed E-state index contributed by atoms with van der Waals surface area (Å²) in [7, 11) is -3.40. The number of aromatic nitrogens is 3. The number of aromatic amines is 1. The Morgan fingerprint density at radius 3 is 2.41 bits per heavy atom. The van der Waals surface area contributed by atoms with Crippen LogP contribution in [0.4, 0.5) is 0 Å². The SMILES string of the molecule is O=C(c1ccc2n[nH]nc2c1)N1CCN(S(=O)(=O)Cc2ccccc2)CC1. The van der Waals surface area contributed by atoms with Gasteiger partial charge in [0, 0.05) is 31.7 Å². The van der Waals surface area contributed by atoms with E-state index in [1.165, 1.54) is 4.31 Å². The first kappa shape index (κ1) is 17.6. The van der Waals surface area contributed by atoms with Gasteiger partial charge in [-0.15, -0.1) is 0 Å². The van der Waals surface area contributed by atoms with E-state index in [1.54, 1.807) is 35.2 Å². The molecule has 0 saturated carbocycles. The molecule has 8 nitrogen and oxygen atoms in total. The van der Waals surface area contributed by atoms with E-state index in [9.17, 15) is 13.2 Å². The lowest BCUT2D eigenvalue weighted by atomic mass is 10.1. The van der Waals surface area contributed by atoms with E-state index >= 15 is 0 Å². The molecule has 2 heterocycles. The molecule has 140 valence electrons. The van der Waals surface area contributed by atoms with Crippen LogP contribution >= 0.6 is 0 Å². The van der Waals surface area contributed by atoms with Gasteiger partial charge in [0.15, 0.2) is 0 Å². The molecular weight excluding hydrogens is 366 g/mol. The molecule has 1 aliphatic rings. The summed E-state index contributed by atoms with van der Waals surface area (Å²) in [5.74, 6) is -0.148. The molecule has 1 saturated heterocycles. The predicted octanol–water partition coefficient (Wildman–Crippen LogP) is 1.25. The number of fused-ring (bicyclic) bond motifs is 1. The third kappa shape index (κ3) is 3.69. The summed E-state index contributed by atoms with van der Waals surface area (Å²) in [4.78, 5) is 14.4. The van der Waals surface area contributed by atoms with Crippen molar-refractivity contribution in [2.75, 3.05) is 26.2 Å². The van der Waals surface area contributed by atoms with E-state index in [2.05, 4.69) is 15.4 Å². The zero-order chi connectivity index (χ0) is 18.9. The van der Waals surface area contributed by atoms with Crippen molar-refractivity contribution in [2.45, 2.75) is 5.75 Å².